The summed E-state index contributed by atoms with van der Waals surface area (Å²) < 4.78 is 19.8. The Morgan fingerprint density at radius 1 is 1.12 bits per heavy atom. The molecule has 5 atom stereocenters. The van der Waals surface area contributed by atoms with Gasteiger partial charge >= 0.3 is 12.1 Å². The number of nitrogens with one attached hydrogen (secondary N) is 1. The number of methoxy groups -OCH3 is 1. The monoisotopic (exact) mass is 351 g/mol. The van der Waals surface area contributed by atoms with Crippen LogP contribution in [0, 0.1) is 0 Å². The third-order valence-corrected chi connectivity index (χ3v) is 3.09. The first kappa shape index (κ1) is 20.6. The molecular weight excluding hydrogens is 326 g/mol. The van der Waals surface area contributed by atoms with E-state index in [1.807, 2.05) is 0 Å². The minimum Gasteiger partial charge on any atom is -0.461 e. The Labute approximate surface area is 139 Å². The van der Waals surface area contributed by atoms with Gasteiger partial charge in [-0.3, -0.25) is 4.79 Å². The molecule has 0 aromatic heterocycles. The Morgan fingerprint density at radius 3 is 2.29 bits per heavy atom. The molecular formula is C14H25NO9. The smallest absolute Gasteiger partial charge is 0.408 e. The van der Waals surface area contributed by atoms with Gasteiger partial charge in [0.05, 0.1) is 0 Å². The van der Waals surface area contributed by atoms with Crippen LogP contribution in [0.1, 0.15) is 20.8 Å². The van der Waals surface area contributed by atoms with E-state index in [1.165, 1.54) is 7.11 Å². The van der Waals surface area contributed by atoms with Crippen molar-refractivity contribution in [3.8, 4) is 0 Å². The first-order valence-corrected chi connectivity index (χ1v) is 7.40. The van der Waals surface area contributed by atoms with E-state index in [0.29, 0.717) is 0 Å². The second kappa shape index (κ2) is 8.58. The van der Waals surface area contributed by atoms with Crippen molar-refractivity contribution in [2.75, 3.05) is 20.3 Å². The van der Waals surface area contributed by atoms with Crippen molar-refractivity contribution in [2.45, 2.75) is 57.1 Å². The number of alkyl carbamates (subject to hydrolysis) is 1. The molecule has 1 heterocycles. The van der Waals surface area contributed by atoms with Crippen molar-refractivity contribution in [3.05, 3.63) is 0 Å². The summed E-state index contributed by atoms with van der Waals surface area (Å²) in [5.74, 6) is -0.786. The highest BCUT2D eigenvalue weighted by Gasteiger charge is 2.44. The van der Waals surface area contributed by atoms with Crippen molar-refractivity contribution >= 4 is 12.1 Å². The molecule has 1 rings (SSSR count). The number of amides is 1. The van der Waals surface area contributed by atoms with Crippen LogP contribution < -0.4 is 5.32 Å². The lowest BCUT2D eigenvalue weighted by Gasteiger charge is -2.39. The van der Waals surface area contributed by atoms with Crippen LogP contribution in [0.4, 0.5) is 4.79 Å². The molecule has 1 aliphatic heterocycles. The van der Waals surface area contributed by atoms with Crippen molar-refractivity contribution in [3.63, 3.8) is 0 Å². The predicted octanol–water partition coefficient (Wildman–Crippen LogP) is -1.49. The van der Waals surface area contributed by atoms with Crippen LogP contribution in [-0.4, -0.2) is 84.0 Å². The molecule has 0 spiro atoms. The highest BCUT2D eigenvalue weighted by atomic mass is 16.7. The molecule has 4 N–H and O–H groups in total. The van der Waals surface area contributed by atoms with E-state index in [4.69, 9.17) is 18.9 Å². The lowest BCUT2D eigenvalue weighted by molar-refractivity contribution is -0.295. The zero-order chi connectivity index (χ0) is 18.5. The van der Waals surface area contributed by atoms with Crippen LogP contribution in [0.25, 0.3) is 0 Å². The van der Waals surface area contributed by atoms with Crippen LogP contribution >= 0.6 is 0 Å². The van der Waals surface area contributed by atoms with Gasteiger partial charge in [0.1, 0.15) is 43.2 Å². The molecule has 24 heavy (non-hydrogen) atoms. The van der Waals surface area contributed by atoms with Crippen LogP contribution in [0.5, 0.6) is 0 Å². The van der Waals surface area contributed by atoms with Crippen molar-refractivity contribution in [1.82, 2.24) is 5.32 Å². The lowest BCUT2D eigenvalue weighted by atomic mass is 9.99. The number of esters is 1. The molecule has 10 heteroatoms. The normalized spacial score (nSPS) is 30.5. The molecule has 0 aliphatic carbocycles. The van der Waals surface area contributed by atoms with E-state index in [-0.39, 0.29) is 6.61 Å². The quantitative estimate of drug-likeness (QED) is 0.435. The minimum absolute atomic E-state index is 0.389. The van der Waals surface area contributed by atoms with E-state index < -0.39 is 54.9 Å². The Bertz CT molecular complexity index is 434. The Kier molecular flexibility index (Phi) is 7.36. The van der Waals surface area contributed by atoms with Crippen LogP contribution in [0.15, 0.2) is 0 Å². The largest absolute Gasteiger partial charge is 0.461 e. The van der Waals surface area contributed by atoms with Gasteiger partial charge in [0, 0.05) is 7.11 Å². The highest BCUT2D eigenvalue weighted by molar-refractivity contribution is 5.78. The van der Waals surface area contributed by atoms with E-state index in [2.05, 4.69) is 5.32 Å². The molecule has 0 aromatic rings. The Morgan fingerprint density at radius 2 is 1.75 bits per heavy atom. The second-order valence-corrected chi connectivity index (χ2v) is 6.29. The van der Waals surface area contributed by atoms with Gasteiger partial charge < -0.3 is 39.6 Å². The summed E-state index contributed by atoms with van der Waals surface area (Å²) in [6.07, 6.45) is -7.41. The summed E-state index contributed by atoms with van der Waals surface area (Å²) in [7, 11) is 1.26. The molecule has 0 radical (unpaired) electrons. The second-order valence-electron chi connectivity index (χ2n) is 6.29. The van der Waals surface area contributed by atoms with Gasteiger partial charge in [-0.05, 0) is 20.8 Å². The summed E-state index contributed by atoms with van der Waals surface area (Å²) in [5, 5.41) is 31.3. The third-order valence-electron chi connectivity index (χ3n) is 3.09. The summed E-state index contributed by atoms with van der Waals surface area (Å²) in [5.41, 5.74) is -0.694. The average molecular weight is 351 g/mol. The minimum atomic E-state index is -1.51. The fourth-order valence-corrected chi connectivity index (χ4v) is 1.93. The van der Waals surface area contributed by atoms with Crippen molar-refractivity contribution < 1.29 is 43.9 Å². The van der Waals surface area contributed by atoms with Crippen LogP contribution in [-0.2, 0) is 23.7 Å². The van der Waals surface area contributed by atoms with E-state index in [0.717, 1.165) is 0 Å². The van der Waals surface area contributed by atoms with Gasteiger partial charge in [-0.1, -0.05) is 0 Å². The van der Waals surface area contributed by atoms with E-state index >= 15 is 0 Å². The zero-order valence-corrected chi connectivity index (χ0v) is 14.1. The molecule has 0 aromatic carbocycles. The Hall–Kier alpha value is -1.46. The predicted molar refractivity (Wildman–Crippen MR) is 78.9 cm³/mol. The molecule has 0 saturated carbocycles. The fourth-order valence-electron chi connectivity index (χ4n) is 1.93. The average Bonchev–Trinajstić information content (AvgIpc) is 2.48. The standard InChI is InChI=1S/C14H25NO9/c1-14(2,3)24-13(20)15-5-8(16)22-6-7-9(17)10(18)11(19)12(21-4)23-7/h7,9-12,17-19H,5-6H2,1-4H3,(H,15,20)/t7-,9+,10-,11-,12+/m0/s1. The van der Waals surface area contributed by atoms with Crippen LogP contribution in [0.2, 0.25) is 0 Å². The molecule has 1 amide bonds. The number of rotatable bonds is 5. The maximum atomic E-state index is 11.6. The number of hydrogen-bond acceptors (Lipinski definition) is 9. The van der Waals surface area contributed by atoms with E-state index in [1.54, 1.807) is 20.8 Å². The maximum Gasteiger partial charge on any atom is 0.408 e. The first-order chi connectivity index (χ1) is 11.0. The van der Waals surface area contributed by atoms with Gasteiger partial charge in [-0.2, -0.15) is 0 Å². The number of aliphatic hydroxyl groups is 3. The molecule has 1 saturated heterocycles. The van der Waals surface area contributed by atoms with E-state index in [9.17, 15) is 24.9 Å². The molecule has 0 bridgehead atoms. The first-order valence-electron chi connectivity index (χ1n) is 7.40. The summed E-state index contributed by atoms with van der Waals surface area (Å²) in [6, 6.07) is 0. The number of aliphatic hydroxyl groups excluding tert-OH is 3. The van der Waals surface area contributed by atoms with Crippen molar-refractivity contribution in [1.29, 1.82) is 0 Å². The molecule has 0 unspecified atom stereocenters. The van der Waals surface area contributed by atoms with Crippen LogP contribution in [0.3, 0.4) is 0 Å². The number of carbonyl (C=O) groups is 2. The highest BCUT2D eigenvalue weighted by Crippen LogP contribution is 2.21. The van der Waals surface area contributed by atoms with Crippen molar-refractivity contribution in [2.24, 2.45) is 0 Å². The molecule has 1 fully saturated rings. The molecule has 10 nitrogen and oxygen atoms in total. The summed E-state index contributed by atoms with van der Waals surface area (Å²) in [4.78, 5) is 23.0. The van der Waals surface area contributed by atoms with Gasteiger partial charge in [0.15, 0.2) is 6.29 Å². The molecule has 1 aliphatic rings. The van der Waals surface area contributed by atoms with Gasteiger partial charge in [-0.25, -0.2) is 4.79 Å². The number of hydrogen-bond donors (Lipinski definition) is 4. The SMILES string of the molecule is CO[C@@H]1O[C@@H](COC(=O)CNC(=O)OC(C)(C)C)[C@@H](O)[C@H](O)[C@@H]1O. The lowest BCUT2D eigenvalue weighted by Crippen LogP contribution is -2.59. The molecule has 140 valence electrons. The summed E-state index contributed by atoms with van der Waals surface area (Å²) >= 11 is 0. The van der Waals surface area contributed by atoms with Gasteiger partial charge in [0.25, 0.3) is 0 Å². The fraction of sp³-hybridized carbons (Fsp3) is 0.857. The number of carbonyl (C=O) groups excluding carboxylic acids is 2. The topological polar surface area (TPSA) is 144 Å². The number of ether oxygens (including phenoxy) is 4. The van der Waals surface area contributed by atoms with Gasteiger partial charge in [-0.15, -0.1) is 0 Å². The Balaban J connectivity index is 2.39. The zero-order valence-electron chi connectivity index (χ0n) is 14.1. The summed E-state index contributed by atoms with van der Waals surface area (Å²) in [6.45, 7) is 4.21. The third kappa shape index (κ3) is 6.21. The maximum absolute atomic E-state index is 11.6. The van der Waals surface area contributed by atoms with Gasteiger partial charge in [0.2, 0.25) is 0 Å².